The summed E-state index contributed by atoms with van der Waals surface area (Å²) in [6.07, 6.45) is 2.63. The van der Waals surface area contributed by atoms with Gasteiger partial charge in [0, 0.05) is 18.0 Å². The molecule has 0 aliphatic carbocycles. The summed E-state index contributed by atoms with van der Waals surface area (Å²) in [6.45, 7) is 4.08. The summed E-state index contributed by atoms with van der Waals surface area (Å²) in [6, 6.07) is 3.92. The number of anilines is 1. The molecule has 0 spiro atoms. The van der Waals surface area contributed by atoms with Crippen molar-refractivity contribution in [1.29, 1.82) is 0 Å². The van der Waals surface area contributed by atoms with Crippen LogP contribution < -0.4 is 5.32 Å². The van der Waals surface area contributed by atoms with Crippen LogP contribution in [0, 0.1) is 6.92 Å². The molecule has 0 amide bonds. The predicted octanol–water partition coefficient (Wildman–Crippen LogP) is 3.43. The highest BCUT2D eigenvalue weighted by Gasteiger charge is 2.26. The zero-order chi connectivity index (χ0) is 11.3. The SMILES string of the molecule is CCC(CCl)(CCl)Nc1ncccc1C. The molecule has 1 rings (SSSR count). The number of nitrogens with zero attached hydrogens (tertiary/aromatic N) is 1. The molecule has 0 bridgehead atoms. The Kier molecular flexibility index (Phi) is 4.68. The van der Waals surface area contributed by atoms with Gasteiger partial charge >= 0.3 is 0 Å². The van der Waals surface area contributed by atoms with Crippen LogP contribution in [0.1, 0.15) is 18.9 Å². The first-order valence-corrected chi connectivity index (χ1v) is 6.06. The van der Waals surface area contributed by atoms with E-state index in [1.165, 1.54) is 0 Å². The van der Waals surface area contributed by atoms with Crippen LogP contribution in [0.2, 0.25) is 0 Å². The Morgan fingerprint density at radius 1 is 1.40 bits per heavy atom. The molecule has 2 nitrogen and oxygen atoms in total. The van der Waals surface area contributed by atoms with Crippen molar-refractivity contribution in [2.45, 2.75) is 25.8 Å². The summed E-state index contributed by atoms with van der Waals surface area (Å²) in [4.78, 5) is 4.28. The van der Waals surface area contributed by atoms with Crippen LogP contribution in [0.5, 0.6) is 0 Å². The maximum Gasteiger partial charge on any atom is 0.129 e. The van der Waals surface area contributed by atoms with E-state index in [1.54, 1.807) is 6.20 Å². The quantitative estimate of drug-likeness (QED) is 0.806. The van der Waals surface area contributed by atoms with Crippen molar-refractivity contribution in [3.05, 3.63) is 23.9 Å². The summed E-state index contributed by atoms with van der Waals surface area (Å²) in [5, 5.41) is 3.33. The van der Waals surface area contributed by atoms with Gasteiger partial charge in [-0.15, -0.1) is 23.2 Å². The molecule has 1 heterocycles. The lowest BCUT2D eigenvalue weighted by molar-refractivity contribution is 0.557. The molecule has 0 aromatic carbocycles. The van der Waals surface area contributed by atoms with Crippen LogP contribution in [-0.4, -0.2) is 22.3 Å². The lowest BCUT2D eigenvalue weighted by Crippen LogP contribution is -2.42. The highest BCUT2D eigenvalue weighted by Crippen LogP contribution is 2.22. The van der Waals surface area contributed by atoms with Crippen LogP contribution in [0.4, 0.5) is 5.82 Å². The van der Waals surface area contributed by atoms with Gasteiger partial charge in [0.05, 0.1) is 5.54 Å². The van der Waals surface area contributed by atoms with E-state index in [2.05, 4.69) is 17.2 Å². The number of rotatable bonds is 5. The van der Waals surface area contributed by atoms with Crippen LogP contribution in [-0.2, 0) is 0 Å². The van der Waals surface area contributed by atoms with Gasteiger partial charge in [0.15, 0.2) is 0 Å². The first-order chi connectivity index (χ1) is 7.17. The second-order valence-electron chi connectivity index (χ2n) is 3.70. The molecule has 0 unspecified atom stereocenters. The van der Waals surface area contributed by atoms with Gasteiger partial charge in [-0.3, -0.25) is 0 Å². The number of hydrogen-bond donors (Lipinski definition) is 1. The highest BCUT2D eigenvalue weighted by atomic mass is 35.5. The van der Waals surface area contributed by atoms with Crippen LogP contribution in [0.3, 0.4) is 0 Å². The Morgan fingerprint density at radius 3 is 2.53 bits per heavy atom. The van der Waals surface area contributed by atoms with E-state index in [-0.39, 0.29) is 5.54 Å². The molecular weight excluding hydrogens is 231 g/mol. The molecule has 0 saturated heterocycles. The van der Waals surface area contributed by atoms with E-state index in [4.69, 9.17) is 23.2 Å². The number of aryl methyl sites for hydroxylation is 1. The minimum atomic E-state index is -0.262. The summed E-state index contributed by atoms with van der Waals surface area (Å²) in [5.74, 6) is 1.81. The van der Waals surface area contributed by atoms with Gasteiger partial charge in [-0.2, -0.15) is 0 Å². The number of alkyl halides is 2. The van der Waals surface area contributed by atoms with Gasteiger partial charge in [-0.05, 0) is 25.0 Å². The molecule has 84 valence electrons. The Bertz CT molecular complexity index is 303. The Hall–Kier alpha value is -0.470. The molecule has 0 fully saturated rings. The highest BCUT2D eigenvalue weighted by molar-refractivity contribution is 6.22. The Labute approximate surface area is 101 Å². The Balaban J connectivity index is 2.88. The average Bonchev–Trinajstić information content (AvgIpc) is 2.29. The fourth-order valence-corrected chi connectivity index (χ4v) is 2.04. The zero-order valence-corrected chi connectivity index (χ0v) is 10.6. The average molecular weight is 247 g/mol. The van der Waals surface area contributed by atoms with Crippen LogP contribution in [0.15, 0.2) is 18.3 Å². The van der Waals surface area contributed by atoms with Crippen molar-refractivity contribution in [3.8, 4) is 0 Å². The third-order valence-electron chi connectivity index (χ3n) is 2.58. The number of pyridine rings is 1. The predicted molar refractivity (Wildman–Crippen MR) is 67.1 cm³/mol. The zero-order valence-electron chi connectivity index (χ0n) is 9.06. The molecule has 0 aliphatic heterocycles. The summed E-state index contributed by atoms with van der Waals surface area (Å²) in [5.41, 5.74) is 0.841. The Morgan fingerprint density at radius 2 is 2.07 bits per heavy atom. The smallest absolute Gasteiger partial charge is 0.129 e. The van der Waals surface area contributed by atoms with Crippen LogP contribution in [0.25, 0.3) is 0 Å². The van der Waals surface area contributed by atoms with Crippen molar-refractivity contribution < 1.29 is 0 Å². The van der Waals surface area contributed by atoms with Gasteiger partial charge in [-0.25, -0.2) is 4.98 Å². The maximum absolute atomic E-state index is 5.95. The number of hydrogen-bond acceptors (Lipinski definition) is 2. The van der Waals surface area contributed by atoms with E-state index < -0.39 is 0 Å². The minimum Gasteiger partial charge on any atom is -0.362 e. The third kappa shape index (κ3) is 2.99. The monoisotopic (exact) mass is 246 g/mol. The lowest BCUT2D eigenvalue weighted by Gasteiger charge is -2.30. The number of halogens is 2. The molecule has 1 N–H and O–H groups in total. The fraction of sp³-hybridized carbons (Fsp3) is 0.545. The first kappa shape index (κ1) is 12.6. The van der Waals surface area contributed by atoms with E-state index >= 15 is 0 Å². The first-order valence-electron chi connectivity index (χ1n) is 4.99. The van der Waals surface area contributed by atoms with Crippen molar-refractivity contribution >= 4 is 29.0 Å². The van der Waals surface area contributed by atoms with Crippen molar-refractivity contribution in [2.24, 2.45) is 0 Å². The van der Waals surface area contributed by atoms with Crippen LogP contribution >= 0.6 is 23.2 Å². The van der Waals surface area contributed by atoms with E-state index in [0.29, 0.717) is 11.8 Å². The van der Waals surface area contributed by atoms with E-state index in [9.17, 15) is 0 Å². The molecule has 0 atom stereocenters. The van der Waals surface area contributed by atoms with Gasteiger partial charge < -0.3 is 5.32 Å². The largest absolute Gasteiger partial charge is 0.362 e. The molecule has 0 aliphatic rings. The summed E-state index contributed by atoms with van der Waals surface area (Å²) >= 11 is 11.9. The molecule has 4 heteroatoms. The van der Waals surface area contributed by atoms with Gasteiger partial charge in [0.1, 0.15) is 5.82 Å². The van der Waals surface area contributed by atoms with Gasteiger partial charge in [0.25, 0.3) is 0 Å². The summed E-state index contributed by atoms with van der Waals surface area (Å²) in [7, 11) is 0. The second-order valence-corrected chi connectivity index (χ2v) is 4.23. The molecule has 1 aromatic rings. The van der Waals surface area contributed by atoms with Gasteiger partial charge in [0.2, 0.25) is 0 Å². The van der Waals surface area contributed by atoms with E-state index in [0.717, 1.165) is 17.8 Å². The van der Waals surface area contributed by atoms with E-state index in [1.807, 2.05) is 19.1 Å². The van der Waals surface area contributed by atoms with Crippen molar-refractivity contribution in [1.82, 2.24) is 4.98 Å². The molecule has 0 saturated carbocycles. The van der Waals surface area contributed by atoms with Crippen molar-refractivity contribution in [2.75, 3.05) is 17.1 Å². The second kappa shape index (κ2) is 5.57. The summed E-state index contributed by atoms with van der Waals surface area (Å²) < 4.78 is 0. The van der Waals surface area contributed by atoms with Gasteiger partial charge in [-0.1, -0.05) is 13.0 Å². The lowest BCUT2D eigenvalue weighted by atomic mass is 10.0. The normalized spacial score (nSPS) is 11.5. The molecule has 1 aromatic heterocycles. The molecule has 0 radical (unpaired) electrons. The number of aromatic nitrogens is 1. The molecular formula is C11H16Cl2N2. The standard InChI is InChI=1S/C11H16Cl2N2/c1-3-11(7-12,8-13)15-10-9(2)5-4-6-14-10/h4-6H,3,7-8H2,1-2H3,(H,14,15). The maximum atomic E-state index is 5.95. The third-order valence-corrected chi connectivity index (χ3v) is 3.60. The number of nitrogens with one attached hydrogen (secondary N) is 1. The molecule has 15 heavy (non-hydrogen) atoms. The van der Waals surface area contributed by atoms with Crippen molar-refractivity contribution in [3.63, 3.8) is 0 Å². The fourth-order valence-electron chi connectivity index (χ4n) is 1.25. The minimum absolute atomic E-state index is 0.262. The topological polar surface area (TPSA) is 24.9 Å².